The summed E-state index contributed by atoms with van der Waals surface area (Å²) in [6, 6.07) is 3.81. The van der Waals surface area contributed by atoms with Gasteiger partial charge in [0.1, 0.15) is 5.82 Å². The molecule has 0 aromatic carbocycles. The molecule has 72 valence electrons. The number of aromatic nitrogens is 1. The SMILES string of the molecule is CCCCNc1ccnc(NN)c1. The molecular formula is C9H16N4. The van der Waals surface area contributed by atoms with Crippen LogP contribution < -0.4 is 16.6 Å². The van der Waals surface area contributed by atoms with Gasteiger partial charge in [0.15, 0.2) is 0 Å². The molecule has 1 aromatic rings. The fraction of sp³-hybridized carbons (Fsp3) is 0.444. The minimum atomic E-state index is 0.682. The first-order valence-electron chi connectivity index (χ1n) is 4.53. The molecule has 4 nitrogen and oxygen atoms in total. The van der Waals surface area contributed by atoms with Crippen LogP contribution in [0.25, 0.3) is 0 Å². The van der Waals surface area contributed by atoms with E-state index in [1.807, 2.05) is 12.1 Å². The van der Waals surface area contributed by atoms with Crippen LogP contribution in [0.5, 0.6) is 0 Å². The Labute approximate surface area is 78.5 Å². The molecule has 0 aliphatic carbocycles. The minimum Gasteiger partial charge on any atom is -0.385 e. The third-order valence-corrected chi connectivity index (χ3v) is 1.77. The van der Waals surface area contributed by atoms with Gasteiger partial charge < -0.3 is 10.7 Å². The van der Waals surface area contributed by atoms with E-state index in [2.05, 4.69) is 22.7 Å². The molecule has 0 saturated carbocycles. The third-order valence-electron chi connectivity index (χ3n) is 1.77. The first kappa shape index (κ1) is 9.80. The molecule has 0 amide bonds. The maximum Gasteiger partial charge on any atom is 0.141 e. The van der Waals surface area contributed by atoms with Crippen LogP contribution in [0.2, 0.25) is 0 Å². The zero-order valence-electron chi connectivity index (χ0n) is 7.88. The van der Waals surface area contributed by atoms with Crippen molar-refractivity contribution in [3.8, 4) is 0 Å². The van der Waals surface area contributed by atoms with Crippen molar-refractivity contribution in [2.45, 2.75) is 19.8 Å². The van der Waals surface area contributed by atoms with Gasteiger partial charge in [-0.05, 0) is 12.5 Å². The number of pyridine rings is 1. The lowest BCUT2D eigenvalue weighted by Gasteiger charge is -2.06. The van der Waals surface area contributed by atoms with Gasteiger partial charge in [0.25, 0.3) is 0 Å². The lowest BCUT2D eigenvalue weighted by atomic mass is 10.3. The highest BCUT2D eigenvalue weighted by Gasteiger charge is 1.93. The van der Waals surface area contributed by atoms with Crippen LogP contribution in [0, 0.1) is 0 Å². The lowest BCUT2D eigenvalue weighted by Crippen LogP contribution is -2.09. The number of nitrogens with zero attached hydrogens (tertiary/aromatic N) is 1. The molecule has 0 radical (unpaired) electrons. The molecular weight excluding hydrogens is 164 g/mol. The number of nitrogens with one attached hydrogen (secondary N) is 2. The number of hydrazine groups is 1. The Morgan fingerprint density at radius 2 is 2.38 bits per heavy atom. The predicted octanol–water partition coefficient (Wildman–Crippen LogP) is 1.58. The van der Waals surface area contributed by atoms with Crippen LogP contribution in [0.1, 0.15) is 19.8 Å². The monoisotopic (exact) mass is 180 g/mol. The summed E-state index contributed by atoms with van der Waals surface area (Å²) in [6.45, 7) is 3.16. The summed E-state index contributed by atoms with van der Waals surface area (Å²) in [5.41, 5.74) is 3.56. The first-order chi connectivity index (χ1) is 6.36. The van der Waals surface area contributed by atoms with Gasteiger partial charge in [0.05, 0.1) is 0 Å². The van der Waals surface area contributed by atoms with Crippen molar-refractivity contribution in [2.24, 2.45) is 5.84 Å². The van der Waals surface area contributed by atoms with E-state index in [-0.39, 0.29) is 0 Å². The summed E-state index contributed by atoms with van der Waals surface area (Å²) in [4.78, 5) is 4.01. The summed E-state index contributed by atoms with van der Waals surface area (Å²) in [5.74, 6) is 5.92. The van der Waals surface area contributed by atoms with E-state index >= 15 is 0 Å². The van der Waals surface area contributed by atoms with Crippen LogP contribution >= 0.6 is 0 Å². The molecule has 4 heteroatoms. The second-order valence-corrected chi connectivity index (χ2v) is 2.85. The second kappa shape index (κ2) is 5.37. The van der Waals surface area contributed by atoms with Crippen molar-refractivity contribution in [3.63, 3.8) is 0 Å². The minimum absolute atomic E-state index is 0.682. The number of nitrogens with two attached hydrogens (primary N) is 1. The molecule has 1 aromatic heterocycles. The van der Waals surface area contributed by atoms with Crippen molar-refractivity contribution < 1.29 is 0 Å². The zero-order chi connectivity index (χ0) is 9.52. The quantitative estimate of drug-likeness (QED) is 0.366. The summed E-state index contributed by atoms with van der Waals surface area (Å²) < 4.78 is 0. The van der Waals surface area contributed by atoms with Crippen LogP contribution in [-0.2, 0) is 0 Å². The van der Waals surface area contributed by atoms with E-state index < -0.39 is 0 Å². The van der Waals surface area contributed by atoms with Crippen LogP contribution in [0.3, 0.4) is 0 Å². The number of nitrogen functional groups attached to an aromatic ring is 1. The van der Waals surface area contributed by atoms with Crippen molar-refractivity contribution in [3.05, 3.63) is 18.3 Å². The molecule has 13 heavy (non-hydrogen) atoms. The summed E-state index contributed by atoms with van der Waals surface area (Å²) in [5, 5.41) is 3.28. The van der Waals surface area contributed by atoms with Gasteiger partial charge in [0.2, 0.25) is 0 Å². The Morgan fingerprint density at radius 1 is 1.54 bits per heavy atom. The zero-order valence-corrected chi connectivity index (χ0v) is 7.88. The molecule has 4 N–H and O–H groups in total. The van der Waals surface area contributed by atoms with Crippen LogP contribution in [-0.4, -0.2) is 11.5 Å². The highest BCUT2D eigenvalue weighted by atomic mass is 15.2. The molecule has 0 bridgehead atoms. The Morgan fingerprint density at radius 3 is 3.08 bits per heavy atom. The average molecular weight is 180 g/mol. The van der Waals surface area contributed by atoms with Crippen molar-refractivity contribution in [1.82, 2.24) is 4.98 Å². The second-order valence-electron chi connectivity index (χ2n) is 2.85. The standard InChI is InChI=1S/C9H16N4/c1-2-3-5-11-8-4-6-12-9(7-8)13-10/h4,6-7H,2-3,5,10H2,1H3,(H2,11,12,13). The van der Waals surface area contributed by atoms with Gasteiger partial charge >= 0.3 is 0 Å². The Bertz CT molecular complexity index is 249. The molecule has 0 unspecified atom stereocenters. The molecule has 0 aliphatic rings. The fourth-order valence-corrected chi connectivity index (χ4v) is 1.03. The molecule has 1 rings (SSSR count). The Hall–Kier alpha value is -1.29. The van der Waals surface area contributed by atoms with Gasteiger partial charge in [0, 0.05) is 24.5 Å². The lowest BCUT2D eigenvalue weighted by molar-refractivity contribution is 0.834. The highest BCUT2D eigenvalue weighted by molar-refractivity contribution is 5.51. The topological polar surface area (TPSA) is 63.0 Å². The van der Waals surface area contributed by atoms with Gasteiger partial charge in [-0.1, -0.05) is 13.3 Å². The van der Waals surface area contributed by atoms with Crippen molar-refractivity contribution in [1.29, 1.82) is 0 Å². The molecule has 0 aliphatic heterocycles. The molecule has 0 fully saturated rings. The molecule has 0 atom stereocenters. The maximum atomic E-state index is 5.23. The van der Waals surface area contributed by atoms with Gasteiger partial charge in [-0.25, -0.2) is 10.8 Å². The van der Waals surface area contributed by atoms with Gasteiger partial charge in [-0.15, -0.1) is 0 Å². The smallest absolute Gasteiger partial charge is 0.141 e. The number of rotatable bonds is 5. The predicted molar refractivity (Wildman–Crippen MR) is 55.4 cm³/mol. The molecule has 0 saturated heterocycles. The number of hydrogen-bond donors (Lipinski definition) is 3. The van der Waals surface area contributed by atoms with E-state index in [1.165, 1.54) is 12.8 Å². The normalized spacial score (nSPS) is 9.69. The molecule has 0 spiro atoms. The van der Waals surface area contributed by atoms with E-state index in [9.17, 15) is 0 Å². The fourth-order valence-electron chi connectivity index (χ4n) is 1.03. The third kappa shape index (κ3) is 3.29. The maximum absolute atomic E-state index is 5.23. The van der Waals surface area contributed by atoms with E-state index in [4.69, 9.17) is 5.84 Å². The number of hydrogen-bond acceptors (Lipinski definition) is 4. The van der Waals surface area contributed by atoms with Crippen molar-refractivity contribution >= 4 is 11.5 Å². The van der Waals surface area contributed by atoms with Crippen LogP contribution in [0.4, 0.5) is 11.5 Å². The largest absolute Gasteiger partial charge is 0.385 e. The summed E-state index contributed by atoms with van der Waals surface area (Å²) in [7, 11) is 0. The first-order valence-corrected chi connectivity index (χ1v) is 4.53. The van der Waals surface area contributed by atoms with E-state index in [1.54, 1.807) is 6.20 Å². The van der Waals surface area contributed by atoms with Crippen molar-refractivity contribution in [2.75, 3.05) is 17.3 Å². The van der Waals surface area contributed by atoms with Gasteiger partial charge in [-0.3, -0.25) is 0 Å². The van der Waals surface area contributed by atoms with E-state index in [0.717, 1.165) is 12.2 Å². The Balaban J connectivity index is 2.46. The number of unbranched alkanes of at least 4 members (excludes halogenated alkanes) is 1. The average Bonchev–Trinajstić information content (AvgIpc) is 2.19. The van der Waals surface area contributed by atoms with Gasteiger partial charge in [-0.2, -0.15) is 0 Å². The summed E-state index contributed by atoms with van der Waals surface area (Å²) >= 11 is 0. The van der Waals surface area contributed by atoms with Crippen LogP contribution in [0.15, 0.2) is 18.3 Å². The Kier molecular flexibility index (Phi) is 4.05. The summed E-state index contributed by atoms with van der Waals surface area (Å²) in [6.07, 6.45) is 4.09. The van der Waals surface area contributed by atoms with E-state index in [0.29, 0.717) is 5.82 Å². The number of anilines is 2. The highest BCUT2D eigenvalue weighted by Crippen LogP contribution is 2.10. The molecule has 1 heterocycles.